The van der Waals surface area contributed by atoms with Gasteiger partial charge in [0.1, 0.15) is 5.15 Å². The van der Waals surface area contributed by atoms with E-state index in [1.165, 1.54) is 0 Å². The van der Waals surface area contributed by atoms with E-state index in [9.17, 15) is 0 Å². The fourth-order valence-electron chi connectivity index (χ4n) is 2.86. The second kappa shape index (κ2) is 8.89. The maximum atomic E-state index is 6.15. The summed E-state index contributed by atoms with van der Waals surface area (Å²) in [6.07, 6.45) is 5.22. The predicted molar refractivity (Wildman–Crippen MR) is 98.1 cm³/mol. The van der Waals surface area contributed by atoms with Gasteiger partial charge in [0.2, 0.25) is 5.28 Å². The summed E-state index contributed by atoms with van der Waals surface area (Å²) in [6.45, 7) is 5.30. The van der Waals surface area contributed by atoms with E-state index in [0.29, 0.717) is 29.4 Å². The number of aromatic nitrogens is 4. The average molecular weight is 407 g/mol. The number of fused-ring (bicyclic) bond motifs is 1. The van der Waals surface area contributed by atoms with Crippen molar-refractivity contribution < 1.29 is 13.8 Å². The van der Waals surface area contributed by atoms with E-state index in [1.54, 1.807) is 10.9 Å². The quantitative estimate of drug-likeness (QED) is 0.362. The normalized spacial score (nSPS) is 20.8. The van der Waals surface area contributed by atoms with Crippen LogP contribution in [0.25, 0.3) is 11.0 Å². The zero-order valence-corrected chi connectivity index (χ0v) is 16.6. The Hall–Kier alpha value is -0.560. The SMILES string of the molecule is CCOP(CCC1CCC(n2ncc3c(Cl)nc(Cl)nc32)O1)OCC. The molecule has 3 heterocycles. The van der Waals surface area contributed by atoms with Crippen molar-refractivity contribution in [2.24, 2.45) is 0 Å². The topological polar surface area (TPSA) is 71.3 Å². The van der Waals surface area contributed by atoms with Crippen molar-refractivity contribution in [3.63, 3.8) is 0 Å². The first-order chi connectivity index (χ1) is 12.1. The molecule has 0 aliphatic carbocycles. The highest BCUT2D eigenvalue weighted by Crippen LogP contribution is 2.41. The number of hydrogen-bond acceptors (Lipinski definition) is 6. The van der Waals surface area contributed by atoms with Crippen LogP contribution >= 0.6 is 31.6 Å². The van der Waals surface area contributed by atoms with E-state index in [2.05, 4.69) is 15.1 Å². The molecule has 3 rings (SSSR count). The first kappa shape index (κ1) is 19.2. The van der Waals surface area contributed by atoms with Crippen molar-refractivity contribution in [3.05, 3.63) is 16.6 Å². The molecule has 2 unspecified atom stereocenters. The van der Waals surface area contributed by atoms with E-state index in [-0.39, 0.29) is 17.6 Å². The minimum atomic E-state index is -0.831. The first-order valence-electron chi connectivity index (χ1n) is 8.37. The molecule has 0 bridgehead atoms. The molecule has 0 spiro atoms. The third-order valence-electron chi connectivity index (χ3n) is 3.92. The number of halogens is 2. The van der Waals surface area contributed by atoms with Gasteiger partial charge in [-0.25, -0.2) is 9.67 Å². The number of nitrogens with zero attached hydrogens (tertiary/aromatic N) is 4. The van der Waals surface area contributed by atoms with Gasteiger partial charge in [0.05, 0.1) is 30.9 Å². The third kappa shape index (κ3) is 4.59. The molecule has 1 fully saturated rings. The molecule has 1 aliphatic heterocycles. The monoisotopic (exact) mass is 406 g/mol. The summed E-state index contributed by atoms with van der Waals surface area (Å²) in [5.41, 5.74) is 0.599. The Balaban J connectivity index is 1.63. The molecule has 2 atom stereocenters. The number of hydrogen-bond donors (Lipinski definition) is 0. The van der Waals surface area contributed by atoms with Crippen LogP contribution in [0.5, 0.6) is 0 Å². The largest absolute Gasteiger partial charge is 0.353 e. The van der Waals surface area contributed by atoms with Crippen LogP contribution in [0.3, 0.4) is 0 Å². The van der Waals surface area contributed by atoms with Crippen LogP contribution in [-0.4, -0.2) is 45.2 Å². The molecule has 1 aliphatic rings. The minimum Gasteiger partial charge on any atom is -0.353 e. The summed E-state index contributed by atoms with van der Waals surface area (Å²) in [7, 11) is -0.831. The fourth-order valence-corrected chi connectivity index (χ4v) is 4.69. The summed E-state index contributed by atoms with van der Waals surface area (Å²) in [4.78, 5) is 8.18. The molecule has 2 aromatic rings. The summed E-state index contributed by atoms with van der Waals surface area (Å²) in [6, 6.07) is 0. The van der Waals surface area contributed by atoms with Crippen LogP contribution in [-0.2, 0) is 13.8 Å². The lowest BCUT2D eigenvalue weighted by Gasteiger charge is -2.18. The molecule has 0 N–H and O–H groups in total. The van der Waals surface area contributed by atoms with E-state index in [1.807, 2.05) is 13.8 Å². The van der Waals surface area contributed by atoms with Crippen molar-refractivity contribution in [1.82, 2.24) is 19.7 Å². The Labute approximate surface area is 157 Å². The summed E-state index contributed by atoms with van der Waals surface area (Å²) < 4.78 is 19.2. The average Bonchev–Trinajstić information content (AvgIpc) is 3.19. The Morgan fingerprint density at radius 1 is 1.24 bits per heavy atom. The highest BCUT2D eigenvalue weighted by Gasteiger charge is 2.29. The van der Waals surface area contributed by atoms with Gasteiger partial charge in [0, 0.05) is 6.16 Å². The Bertz CT molecular complexity index is 711. The van der Waals surface area contributed by atoms with Crippen molar-refractivity contribution in [2.45, 2.75) is 45.4 Å². The zero-order valence-electron chi connectivity index (χ0n) is 14.2. The lowest BCUT2D eigenvalue weighted by molar-refractivity contribution is -0.00407. The van der Waals surface area contributed by atoms with Crippen molar-refractivity contribution >= 4 is 42.6 Å². The predicted octanol–water partition coefficient (Wildman–Crippen LogP) is 4.59. The van der Waals surface area contributed by atoms with Gasteiger partial charge in [0.15, 0.2) is 20.3 Å². The van der Waals surface area contributed by atoms with Gasteiger partial charge in [-0.2, -0.15) is 10.1 Å². The summed E-state index contributed by atoms with van der Waals surface area (Å²) in [5.74, 6) is 0. The molecular formula is C15H21Cl2N4O3P. The molecule has 0 saturated carbocycles. The Morgan fingerprint density at radius 3 is 2.72 bits per heavy atom. The highest BCUT2D eigenvalue weighted by molar-refractivity contribution is 7.47. The van der Waals surface area contributed by atoms with Crippen LogP contribution in [0.2, 0.25) is 10.4 Å². The fraction of sp³-hybridized carbons (Fsp3) is 0.667. The molecule has 138 valence electrons. The second-order valence-corrected chi connectivity index (χ2v) is 7.91. The van der Waals surface area contributed by atoms with E-state index in [4.69, 9.17) is 37.0 Å². The molecule has 10 heteroatoms. The maximum Gasteiger partial charge on any atom is 0.225 e. The maximum absolute atomic E-state index is 6.15. The molecule has 7 nitrogen and oxygen atoms in total. The lowest BCUT2D eigenvalue weighted by Crippen LogP contribution is -2.14. The third-order valence-corrected chi connectivity index (χ3v) is 6.09. The van der Waals surface area contributed by atoms with Crippen molar-refractivity contribution in [1.29, 1.82) is 0 Å². The second-order valence-electron chi connectivity index (χ2n) is 5.58. The Kier molecular flexibility index (Phi) is 6.83. The Morgan fingerprint density at radius 2 is 2.00 bits per heavy atom. The lowest BCUT2D eigenvalue weighted by atomic mass is 10.2. The van der Waals surface area contributed by atoms with Crippen LogP contribution in [0.4, 0.5) is 0 Å². The van der Waals surface area contributed by atoms with Crippen molar-refractivity contribution in [2.75, 3.05) is 19.4 Å². The smallest absolute Gasteiger partial charge is 0.225 e. The van der Waals surface area contributed by atoms with Crippen LogP contribution in [0, 0.1) is 0 Å². The van der Waals surface area contributed by atoms with Gasteiger partial charge in [-0.1, -0.05) is 11.6 Å². The van der Waals surface area contributed by atoms with Gasteiger partial charge in [-0.05, 0) is 44.7 Å². The van der Waals surface area contributed by atoms with Crippen molar-refractivity contribution in [3.8, 4) is 0 Å². The summed E-state index contributed by atoms with van der Waals surface area (Å²) in [5, 5.41) is 5.45. The van der Waals surface area contributed by atoms with Gasteiger partial charge in [-0.3, -0.25) is 0 Å². The molecular weight excluding hydrogens is 386 g/mol. The van der Waals surface area contributed by atoms with Crippen LogP contribution < -0.4 is 0 Å². The first-order valence-corrected chi connectivity index (χ1v) is 10.5. The van der Waals surface area contributed by atoms with E-state index in [0.717, 1.165) is 25.4 Å². The van der Waals surface area contributed by atoms with Gasteiger partial charge in [0.25, 0.3) is 0 Å². The number of rotatable bonds is 8. The van der Waals surface area contributed by atoms with Gasteiger partial charge >= 0.3 is 0 Å². The minimum absolute atomic E-state index is 0.105. The summed E-state index contributed by atoms with van der Waals surface area (Å²) >= 11 is 12.0. The molecule has 2 aromatic heterocycles. The van der Waals surface area contributed by atoms with Crippen LogP contribution in [0.1, 0.15) is 39.3 Å². The van der Waals surface area contributed by atoms with Gasteiger partial charge in [-0.15, -0.1) is 0 Å². The molecule has 0 amide bonds. The molecule has 0 aromatic carbocycles. The zero-order chi connectivity index (χ0) is 17.8. The number of ether oxygens (including phenoxy) is 1. The van der Waals surface area contributed by atoms with E-state index < -0.39 is 8.38 Å². The van der Waals surface area contributed by atoms with Crippen LogP contribution in [0.15, 0.2) is 6.20 Å². The molecule has 1 saturated heterocycles. The van der Waals surface area contributed by atoms with E-state index >= 15 is 0 Å². The van der Waals surface area contributed by atoms with Gasteiger partial charge < -0.3 is 13.8 Å². The highest BCUT2D eigenvalue weighted by atomic mass is 35.5. The molecule has 25 heavy (non-hydrogen) atoms. The molecule has 0 radical (unpaired) electrons. The standard InChI is InChI=1S/C15H21Cl2N4O3P/c1-3-22-25(23-4-2)8-7-10-5-6-12(24-10)21-14-11(9-18-21)13(16)19-15(17)20-14/h9-10,12H,3-8H2,1-2H3.